The molecule has 3 nitrogen and oxygen atoms in total. The van der Waals surface area contributed by atoms with Crippen LogP contribution in [-0.2, 0) is 4.79 Å². The van der Waals surface area contributed by atoms with Crippen molar-refractivity contribution in [2.75, 3.05) is 18.4 Å². The van der Waals surface area contributed by atoms with Gasteiger partial charge >= 0.3 is 0 Å². The van der Waals surface area contributed by atoms with E-state index in [2.05, 4.69) is 33.5 Å². The van der Waals surface area contributed by atoms with E-state index in [4.69, 9.17) is 11.6 Å². The fraction of sp³-hybridized carbons (Fsp3) is 0.533. The first-order valence-electron chi connectivity index (χ1n) is 7.08. The third kappa shape index (κ3) is 3.96. The minimum Gasteiger partial charge on any atom is -0.326 e. The average Bonchev–Trinajstić information content (AvgIpc) is 2.45. The molecule has 1 unspecified atom stereocenters. The zero-order valence-electron chi connectivity index (χ0n) is 11.6. The molecule has 1 atom stereocenters. The van der Waals surface area contributed by atoms with Crippen molar-refractivity contribution in [2.45, 2.75) is 26.2 Å². The summed E-state index contributed by atoms with van der Waals surface area (Å²) < 4.78 is 0.836. The van der Waals surface area contributed by atoms with Crippen LogP contribution >= 0.6 is 27.5 Å². The van der Waals surface area contributed by atoms with E-state index < -0.39 is 0 Å². The van der Waals surface area contributed by atoms with E-state index in [-0.39, 0.29) is 11.8 Å². The lowest BCUT2D eigenvalue weighted by Gasteiger charge is -2.29. The lowest BCUT2D eigenvalue weighted by atomic mass is 9.82. The van der Waals surface area contributed by atoms with Crippen LogP contribution in [0.15, 0.2) is 22.7 Å². The van der Waals surface area contributed by atoms with Crippen LogP contribution in [0.5, 0.6) is 0 Å². The van der Waals surface area contributed by atoms with Gasteiger partial charge in [0, 0.05) is 16.1 Å². The van der Waals surface area contributed by atoms with Crippen molar-refractivity contribution in [3.05, 3.63) is 27.7 Å². The average molecular weight is 360 g/mol. The maximum atomic E-state index is 12.5. The molecule has 0 aromatic heterocycles. The number of carbonyl (C=O) groups is 1. The number of carbonyl (C=O) groups excluding carboxylic acids is 1. The first kappa shape index (κ1) is 15.8. The highest BCUT2D eigenvalue weighted by atomic mass is 79.9. The van der Waals surface area contributed by atoms with E-state index in [1.807, 2.05) is 12.1 Å². The maximum Gasteiger partial charge on any atom is 0.227 e. The number of hydrogen-bond acceptors (Lipinski definition) is 2. The van der Waals surface area contributed by atoms with Crippen LogP contribution < -0.4 is 10.6 Å². The lowest BCUT2D eigenvalue weighted by molar-refractivity contribution is -0.121. The summed E-state index contributed by atoms with van der Waals surface area (Å²) in [7, 11) is 0. The van der Waals surface area contributed by atoms with Crippen LogP contribution in [-0.4, -0.2) is 19.0 Å². The maximum absolute atomic E-state index is 12.5. The van der Waals surface area contributed by atoms with Gasteiger partial charge in [0.1, 0.15) is 0 Å². The lowest BCUT2D eigenvalue weighted by Crippen LogP contribution is -2.36. The Morgan fingerprint density at radius 2 is 2.20 bits per heavy atom. The van der Waals surface area contributed by atoms with Gasteiger partial charge in [0.05, 0.1) is 5.02 Å². The molecule has 1 heterocycles. The molecule has 1 aromatic carbocycles. The van der Waals surface area contributed by atoms with Gasteiger partial charge in [0.2, 0.25) is 5.91 Å². The van der Waals surface area contributed by atoms with Gasteiger partial charge in [-0.3, -0.25) is 4.79 Å². The van der Waals surface area contributed by atoms with Gasteiger partial charge in [-0.05, 0) is 72.4 Å². The highest BCUT2D eigenvalue weighted by Crippen LogP contribution is 2.28. The molecular formula is C15H20BrClN2O. The number of halogens is 2. The molecule has 0 saturated carbocycles. The Morgan fingerprint density at radius 1 is 1.50 bits per heavy atom. The number of benzene rings is 1. The molecule has 0 aliphatic carbocycles. The van der Waals surface area contributed by atoms with E-state index in [0.29, 0.717) is 10.9 Å². The van der Waals surface area contributed by atoms with Gasteiger partial charge in [0.25, 0.3) is 0 Å². The Labute approximate surface area is 133 Å². The summed E-state index contributed by atoms with van der Waals surface area (Å²) in [5.74, 6) is 0.671. The first-order valence-corrected chi connectivity index (χ1v) is 8.25. The molecule has 5 heteroatoms. The van der Waals surface area contributed by atoms with E-state index in [0.717, 1.165) is 42.5 Å². The molecule has 20 heavy (non-hydrogen) atoms. The summed E-state index contributed by atoms with van der Waals surface area (Å²) in [5, 5.41) is 6.94. The number of piperidine rings is 1. The summed E-state index contributed by atoms with van der Waals surface area (Å²) >= 11 is 9.40. The van der Waals surface area contributed by atoms with Crippen molar-refractivity contribution in [3.63, 3.8) is 0 Å². The van der Waals surface area contributed by atoms with Gasteiger partial charge in [0.15, 0.2) is 0 Å². The molecule has 1 aliphatic heterocycles. The number of nitrogens with one attached hydrogen (secondary N) is 2. The van der Waals surface area contributed by atoms with Crippen LogP contribution in [0.2, 0.25) is 5.02 Å². The van der Waals surface area contributed by atoms with Crippen molar-refractivity contribution >= 4 is 39.1 Å². The SMILES string of the molecule is CCC(C(=O)Nc1ccc(Br)c(Cl)c1)C1CCNCC1. The predicted octanol–water partition coefficient (Wildman–Crippen LogP) is 4.07. The summed E-state index contributed by atoms with van der Waals surface area (Å²) in [6.07, 6.45) is 3.03. The standard InChI is InChI=1S/C15H20BrClN2O/c1-2-12(10-5-7-18-8-6-10)15(20)19-11-3-4-13(16)14(17)9-11/h3-4,9-10,12,18H,2,5-8H2,1H3,(H,19,20). The Morgan fingerprint density at radius 3 is 2.80 bits per heavy atom. The van der Waals surface area contributed by atoms with Crippen LogP contribution in [0, 0.1) is 11.8 Å². The molecule has 1 amide bonds. The van der Waals surface area contributed by atoms with E-state index >= 15 is 0 Å². The van der Waals surface area contributed by atoms with E-state index in [1.54, 1.807) is 6.07 Å². The molecule has 110 valence electrons. The molecule has 1 aliphatic rings. The molecule has 0 bridgehead atoms. The molecule has 0 radical (unpaired) electrons. The van der Waals surface area contributed by atoms with E-state index in [9.17, 15) is 4.79 Å². The quantitative estimate of drug-likeness (QED) is 0.851. The second-order valence-corrected chi connectivity index (χ2v) is 6.48. The Hall–Kier alpha value is -0.580. The highest BCUT2D eigenvalue weighted by molar-refractivity contribution is 9.10. The van der Waals surface area contributed by atoms with Crippen LogP contribution in [0.25, 0.3) is 0 Å². The molecule has 1 aromatic rings. The number of amides is 1. The smallest absolute Gasteiger partial charge is 0.227 e. The van der Waals surface area contributed by atoms with Crippen molar-refractivity contribution in [1.82, 2.24) is 5.32 Å². The minimum atomic E-state index is 0.0829. The molecule has 0 spiro atoms. The molecule has 1 fully saturated rings. The van der Waals surface area contributed by atoms with Gasteiger partial charge in [-0.2, -0.15) is 0 Å². The third-order valence-corrected chi connectivity index (χ3v) is 5.15. The molecule has 2 N–H and O–H groups in total. The normalized spacial score (nSPS) is 17.8. The van der Waals surface area contributed by atoms with Gasteiger partial charge < -0.3 is 10.6 Å². The third-order valence-electron chi connectivity index (χ3n) is 3.92. The van der Waals surface area contributed by atoms with Crippen LogP contribution in [0.4, 0.5) is 5.69 Å². The Kier molecular flexibility index (Phi) is 5.87. The highest BCUT2D eigenvalue weighted by Gasteiger charge is 2.27. The zero-order valence-corrected chi connectivity index (χ0v) is 13.9. The zero-order chi connectivity index (χ0) is 14.5. The number of anilines is 1. The Bertz CT molecular complexity index is 475. The van der Waals surface area contributed by atoms with Crippen molar-refractivity contribution in [2.24, 2.45) is 11.8 Å². The Balaban J connectivity index is 2.02. The summed E-state index contributed by atoms with van der Waals surface area (Å²) in [6.45, 7) is 4.11. The van der Waals surface area contributed by atoms with Crippen molar-refractivity contribution in [1.29, 1.82) is 0 Å². The van der Waals surface area contributed by atoms with Crippen LogP contribution in [0.1, 0.15) is 26.2 Å². The topological polar surface area (TPSA) is 41.1 Å². The monoisotopic (exact) mass is 358 g/mol. The van der Waals surface area contributed by atoms with Crippen LogP contribution in [0.3, 0.4) is 0 Å². The van der Waals surface area contributed by atoms with Crippen molar-refractivity contribution < 1.29 is 4.79 Å². The summed E-state index contributed by atoms with van der Waals surface area (Å²) in [4.78, 5) is 12.5. The summed E-state index contributed by atoms with van der Waals surface area (Å²) in [5.41, 5.74) is 0.760. The van der Waals surface area contributed by atoms with Gasteiger partial charge in [-0.15, -0.1) is 0 Å². The number of hydrogen-bond donors (Lipinski definition) is 2. The molecule has 2 rings (SSSR count). The minimum absolute atomic E-state index is 0.0829. The van der Waals surface area contributed by atoms with Gasteiger partial charge in [-0.25, -0.2) is 0 Å². The second-order valence-electron chi connectivity index (χ2n) is 5.22. The summed E-state index contributed by atoms with van der Waals surface area (Å²) in [6, 6.07) is 5.49. The van der Waals surface area contributed by atoms with Gasteiger partial charge in [-0.1, -0.05) is 18.5 Å². The molecule has 1 saturated heterocycles. The fourth-order valence-electron chi connectivity index (χ4n) is 2.79. The molecular weight excluding hydrogens is 340 g/mol. The number of rotatable bonds is 4. The van der Waals surface area contributed by atoms with Crippen molar-refractivity contribution in [3.8, 4) is 0 Å². The second kappa shape index (κ2) is 7.43. The first-order chi connectivity index (χ1) is 9.61. The largest absolute Gasteiger partial charge is 0.326 e. The fourth-order valence-corrected chi connectivity index (χ4v) is 3.22. The predicted molar refractivity (Wildman–Crippen MR) is 87.2 cm³/mol. The van der Waals surface area contributed by atoms with E-state index in [1.165, 1.54) is 0 Å².